The molecule has 0 aliphatic heterocycles. The SMILES string of the molecule is Cc1cc([C@@H](C)Nc2cccnc2-c2cc[nH]n2)c2oc(-c3cccnc3)c(C)c(=O)c2c1. The number of nitrogens with zero attached hydrogens (tertiary/aromatic N) is 3. The van der Waals surface area contributed by atoms with Crippen molar-refractivity contribution in [2.75, 3.05) is 5.32 Å². The van der Waals surface area contributed by atoms with Gasteiger partial charge in [-0.3, -0.25) is 19.9 Å². The summed E-state index contributed by atoms with van der Waals surface area (Å²) in [6.45, 7) is 5.82. The van der Waals surface area contributed by atoms with Crippen molar-refractivity contribution in [3.05, 3.63) is 94.2 Å². The molecule has 0 amide bonds. The first-order valence-corrected chi connectivity index (χ1v) is 10.7. The zero-order valence-corrected chi connectivity index (χ0v) is 18.6. The predicted octanol–water partition coefficient (Wildman–Crippen LogP) is 5.43. The van der Waals surface area contributed by atoms with Crippen molar-refractivity contribution in [2.24, 2.45) is 0 Å². The van der Waals surface area contributed by atoms with E-state index in [9.17, 15) is 4.79 Å². The summed E-state index contributed by atoms with van der Waals surface area (Å²) < 4.78 is 6.39. The molecule has 7 nitrogen and oxygen atoms in total. The van der Waals surface area contributed by atoms with Crippen LogP contribution < -0.4 is 10.7 Å². The second kappa shape index (κ2) is 8.35. The molecule has 0 fully saturated rings. The lowest BCUT2D eigenvalue weighted by molar-refractivity contribution is 0.605. The van der Waals surface area contributed by atoms with Crippen LogP contribution in [0.4, 0.5) is 5.69 Å². The number of hydrogen-bond donors (Lipinski definition) is 2. The Labute approximate surface area is 190 Å². The molecule has 0 unspecified atom stereocenters. The van der Waals surface area contributed by atoms with Crippen LogP contribution in [0.25, 0.3) is 33.7 Å². The van der Waals surface area contributed by atoms with Crippen molar-refractivity contribution >= 4 is 16.7 Å². The number of anilines is 1. The van der Waals surface area contributed by atoms with E-state index < -0.39 is 0 Å². The first kappa shape index (κ1) is 20.6. The highest BCUT2D eigenvalue weighted by atomic mass is 16.3. The summed E-state index contributed by atoms with van der Waals surface area (Å²) in [5.41, 5.74) is 6.10. The summed E-state index contributed by atoms with van der Waals surface area (Å²) in [5, 5.41) is 11.2. The molecule has 0 radical (unpaired) electrons. The van der Waals surface area contributed by atoms with Gasteiger partial charge in [-0.05, 0) is 62.7 Å². The van der Waals surface area contributed by atoms with E-state index in [1.165, 1.54) is 0 Å². The highest BCUT2D eigenvalue weighted by Gasteiger charge is 2.20. The number of fused-ring (bicyclic) bond motifs is 1. The molecule has 2 N–H and O–H groups in total. The van der Waals surface area contributed by atoms with Crippen LogP contribution in [0, 0.1) is 13.8 Å². The number of hydrogen-bond acceptors (Lipinski definition) is 6. The van der Waals surface area contributed by atoms with Gasteiger partial charge in [0.2, 0.25) is 0 Å². The van der Waals surface area contributed by atoms with Crippen molar-refractivity contribution in [2.45, 2.75) is 26.8 Å². The second-order valence-electron chi connectivity index (χ2n) is 8.08. The van der Waals surface area contributed by atoms with Gasteiger partial charge >= 0.3 is 0 Å². The molecular formula is C26H23N5O2. The van der Waals surface area contributed by atoms with E-state index in [4.69, 9.17) is 4.42 Å². The lowest BCUT2D eigenvalue weighted by Gasteiger charge is -2.20. The zero-order valence-electron chi connectivity index (χ0n) is 18.6. The first-order chi connectivity index (χ1) is 16.0. The third kappa shape index (κ3) is 3.78. The molecule has 4 heterocycles. The minimum absolute atomic E-state index is 0.0363. The van der Waals surface area contributed by atoms with Crippen LogP contribution in [0.2, 0.25) is 0 Å². The van der Waals surface area contributed by atoms with Gasteiger partial charge in [-0.1, -0.05) is 6.07 Å². The third-order valence-electron chi connectivity index (χ3n) is 5.71. The van der Waals surface area contributed by atoms with Gasteiger partial charge in [0.15, 0.2) is 5.43 Å². The molecule has 0 aliphatic rings. The summed E-state index contributed by atoms with van der Waals surface area (Å²) in [6.07, 6.45) is 6.91. The molecule has 5 rings (SSSR count). The first-order valence-electron chi connectivity index (χ1n) is 10.7. The Morgan fingerprint density at radius 2 is 1.94 bits per heavy atom. The van der Waals surface area contributed by atoms with Crippen molar-refractivity contribution in [1.82, 2.24) is 20.2 Å². The van der Waals surface area contributed by atoms with Gasteiger partial charge in [-0.25, -0.2) is 0 Å². The normalized spacial score (nSPS) is 12.1. The molecule has 33 heavy (non-hydrogen) atoms. The maximum absolute atomic E-state index is 13.3. The van der Waals surface area contributed by atoms with E-state index in [2.05, 4.69) is 31.5 Å². The lowest BCUT2D eigenvalue weighted by atomic mass is 9.99. The van der Waals surface area contributed by atoms with Crippen molar-refractivity contribution in [1.29, 1.82) is 0 Å². The van der Waals surface area contributed by atoms with Gasteiger partial charge in [0, 0.05) is 41.5 Å². The van der Waals surface area contributed by atoms with Gasteiger partial charge < -0.3 is 9.73 Å². The molecule has 0 bridgehead atoms. The molecule has 164 valence electrons. The van der Waals surface area contributed by atoms with Crippen LogP contribution >= 0.6 is 0 Å². The predicted molar refractivity (Wildman–Crippen MR) is 129 cm³/mol. The number of benzene rings is 1. The standard InChI is InChI=1S/C26H23N5O2/c1-15-12-19(17(3)30-21-7-5-10-28-23(21)22-8-11-29-31-22)26-20(13-15)24(32)16(2)25(33-26)18-6-4-9-27-14-18/h4-14,17,30H,1-3H3,(H,29,31)/t17-/m1/s1. The fourth-order valence-corrected chi connectivity index (χ4v) is 4.09. The van der Waals surface area contributed by atoms with E-state index >= 15 is 0 Å². The Balaban J connectivity index is 1.64. The molecule has 0 saturated heterocycles. The van der Waals surface area contributed by atoms with E-state index in [-0.39, 0.29) is 11.5 Å². The topological polar surface area (TPSA) is 96.7 Å². The van der Waals surface area contributed by atoms with Gasteiger partial charge in [0.1, 0.15) is 22.7 Å². The highest BCUT2D eigenvalue weighted by molar-refractivity contribution is 5.85. The van der Waals surface area contributed by atoms with E-state index in [1.54, 1.807) is 31.7 Å². The van der Waals surface area contributed by atoms with Gasteiger partial charge in [0.05, 0.1) is 17.1 Å². The minimum Gasteiger partial charge on any atom is -0.455 e. The van der Waals surface area contributed by atoms with E-state index in [1.807, 2.05) is 50.2 Å². The van der Waals surface area contributed by atoms with Gasteiger partial charge in [-0.2, -0.15) is 5.10 Å². The molecule has 0 saturated carbocycles. The average Bonchev–Trinajstić information content (AvgIpc) is 3.37. The summed E-state index contributed by atoms with van der Waals surface area (Å²) in [4.78, 5) is 22.0. The van der Waals surface area contributed by atoms with Crippen LogP contribution in [0.3, 0.4) is 0 Å². The van der Waals surface area contributed by atoms with E-state index in [0.29, 0.717) is 22.3 Å². The average molecular weight is 438 g/mol. The number of aromatic nitrogens is 4. The molecule has 0 spiro atoms. The molecule has 0 aliphatic carbocycles. The Morgan fingerprint density at radius 3 is 2.70 bits per heavy atom. The van der Waals surface area contributed by atoms with Gasteiger partial charge in [-0.15, -0.1) is 0 Å². The number of H-pyrrole nitrogens is 1. The number of rotatable bonds is 5. The number of nitrogens with one attached hydrogen (secondary N) is 2. The molecular weight excluding hydrogens is 414 g/mol. The van der Waals surface area contributed by atoms with Gasteiger partial charge in [0.25, 0.3) is 0 Å². The van der Waals surface area contributed by atoms with Crippen molar-refractivity contribution < 1.29 is 4.42 Å². The fraction of sp³-hybridized carbons (Fsp3) is 0.154. The number of aryl methyl sites for hydroxylation is 1. The maximum atomic E-state index is 13.3. The molecule has 1 aromatic carbocycles. The molecule has 1 atom stereocenters. The van der Waals surface area contributed by atoms with Crippen molar-refractivity contribution in [3.63, 3.8) is 0 Å². The van der Waals surface area contributed by atoms with Crippen LogP contribution in [0.15, 0.2) is 76.5 Å². The quantitative estimate of drug-likeness (QED) is 0.381. The minimum atomic E-state index is -0.165. The summed E-state index contributed by atoms with van der Waals surface area (Å²) in [5.74, 6) is 0.538. The highest BCUT2D eigenvalue weighted by Crippen LogP contribution is 2.33. The monoisotopic (exact) mass is 437 g/mol. The molecule has 5 aromatic rings. The Bertz CT molecular complexity index is 1490. The second-order valence-corrected chi connectivity index (χ2v) is 8.08. The lowest BCUT2D eigenvalue weighted by Crippen LogP contribution is -2.13. The number of pyridine rings is 2. The van der Waals surface area contributed by atoms with Crippen molar-refractivity contribution in [3.8, 4) is 22.7 Å². The molecule has 4 aromatic heterocycles. The third-order valence-corrected chi connectivity index (χ3v) is 5.71. The summed E-state index contributed by atoms with van der Waals surface area (Å²) >= 11 is 0. The summed E-state index contributed by atoms with van der Waals surface area (Å²) in [6, 6.07) is 13.2. The van der Waals surface area contributed by atoms with Crippen LogP contribution in [0.1, 0.15) is 29.7 Å². The molecule has 7 heteroatoms. The smallest absolute Gasteiger partial charge is 0.196 e. The summed E-state index contributed by atoms with van der Waals surface area (Å²) in [7, 11) is 0. The van der Waals surface area contributed by atoms with Crippen LogP contribution in [0.5, 0.6) is 0 Å². The van der Waals surface area contributed by atoms with Crippen LogP contribution in [-0.4, -0.2) is 20.2 Å². The largest absolute Gasteiger partial charge is 0.455 e. The van der Waals surface area contributed by atoms with Crippen LogP contribution in [-0.2, 0) is 0 Å². The Morgan fingerprint density at radius 1 is 1.09 bits per heavy atom. The zero-order chi connectivity index (χ0) is 22.9. The Kier molecular flexibility index (Phi) is 5.22. The fourth-order valence-electron chi connectivity index (χ4n) is 4.09. The maximum Gasteiger partial charge on any atom is 0.196 e. The number of aromatic amines is 1. The Hall–Kier alpha value is -4.26. The van der Waals surface area contributed by atoms with E-state index in [0.717, 1.165) is 33.8 Å².